The van der Waals surface area contributed by atoms with Gasteiger partial charge in [0.05, 0.1) is 0 Å². The molecule has 1 aromatic rings. The molecular formula is C15H19NO. The number of benzene rings is 1. The number of allylic oxidation sites excluding steroid dienone is 2. The van der Waals surface area contributed by atoms with Crippen LogP contribution in [0, 0.1) is 5.92 Å². The summed E-state index contributed by atoms with van der Waals surface area (Å²) in [6.45, 7) is 0.784. The van der Waals surface area contributed by atoms with Crippen LogP contribution in [0.4, 0.5) is 0 Å². The minimum absolute atomic E-state index is 0.0388. The predicted molar refractivity (Wildman–Crippen MR) is 69.9 cm³/mol. The first-order valence-electron chi connectivity index (χ1n) is 6.34. The first-order chi connectivity index (χ1) is 8.36. The highest BCUT2D eigenvalue weighted by molar-refractivity contribution is 5.94. The third kappa shape index (κ3) is 3.74. The molecular weight excluding hydrogens is 210 g/mol. The fourth-order valence-electron chi connectivity index (χ4n) is 2.20. The van der Waals surface area contributed by atoms with Crippen molar-refractivity contribution in [2.45, 2.75) is 25.7 Å². The minimum Gasteiger partial charge on any atom is -0.352 e. The Morgan fingerprint density at radius 3 is 2.76 bits per heavy atom. The van der Waals surface area contributed by atoms with Crippen molar-refractivity contribution in [1.29, 1.82) is 0 Å². The van der Waals surface area contributed by atoms with Crippen molar-refractivity contribution in [3.05, 3.63) is 48.0 Å². The second-order valence-corrected chi connectivity index (χ2v) is 4.56. The number of hydrogen-bond acceptors (Lipinski definition) is 1. The Labute approximate surface area is 103 Å². The van der Waals surface area contributed by atoms with E-state index in [0.717, 1.165) is 24.4 Å². The summed E-state index contributed by atoms with van der Waals surface area (Å²) in [7, 11) is 0. The van der Waals surface area contributed by atoms with Gasteiger partial charge in [-0.05, 0) is 43.7 Å². The van der Waals surface area contributed by atoms with Gasteiger partial charge in [0.1, 0.15) is 0 Å². The van der Waals surface area contributed by atoms with Gasteiger partial charge in [-0.3, -0.25) is 4.79 Å². The first-order valence-corrected chi connectivity index (χ1v) is 6.34. The van der Waals surface area contributed by atoms with Gasteiger partial charge in [0, 0.05) is 12.1 Å². The van der Waals surface area contributed by atoms with Crippen molar-refractivity contribution in [1.82, 2.24) is 5.32 Å². The summed E-state index contributed by atoms with van der Waals surface area (Å²) in [5.74, 6) is 0.785. The van der Waals surface area contributed by atoms with E-state index in [0.29, 0.717) is 0 Å². The van der Waals surface area contributed by atoms with Crippen LogP contribution in [0.1, 0.15) is 36.0 Å². The molecule has 0 saturated carbocycles. The lowest BCUT2D eigenvalue weighted by Crippen LogP contribution is -2.26. The largest absolute Gasteiger partial charge is 0.352 e. The van der Waals surface area contributed by atoms with Crippen molar-refractivity contribution in [3.63, 3.8) is 0 Å². The van der Waals surface area contributed by atoms with Gasteiger partial charge in [0.15, 0.2) is 0 Å². The summed E-state index contributed by atoms with van der Waals surface area (Å²) in [5, 5.41) is 2.98. The average molecular weight is 229 g/mol. The van der Waals surface area contributed by atoms with E-state index in [1.807, 2.05) is 30.3 Å². The van der Waals surface area contributed by atoms with Crippen LogP contribution in [0.5, 0.6) is 0 Å². The maximum absolute atomic E-state index is 11.8. The lowest BCUT2D eigenvalue weighted by molar-refractivity contribution is 0.0951. The second kappa shape index (κ2) is 6.24. The Bertz CT molecular complexity index is 383. The van der Waals surface area contributed by atoms with Gasteiger partial charge >= 0.3 is 0 Å². The highest BCUT2D eigenvalue weighted by atomic mass is 16.1. The Hall–Kier alpha value is -1.57. The minimum atomic E-state index is 0.0388. The smallest absolute Gasteiger partial charge is 0.251 e. The van der Waals surface area contributed by atoms with E-state index in [-0.39, 0.29) is 5.91 Å². The topological polar surface area (TPSA) is 29.1 Å². The Balaban J connectivity index is 1.72. The standard InChI is InChI=1S/C15H19NO/c17-15(14-9-5-2-6-10-14)16-12-11-13-7-3-1-4-8-13/h1-3,5-6,9-10,13H,4,7-8,11-12H2,(H,16,17). The van der Waals surface area contributed by atoms with Crippen molar-refractivity contribution < 1.29 is 4.79 Å². The van der Waals surface area contributed by atoms with E-state index in [1.165, 1.54) is 19.3 Å². The van der Waals surface area contributed by atoms with Crippen molar-refractivity contribution in [2.24, 2.45) is 5.92 Å². The monoisotopic (exact) mass is 229 g/mol. The zero-order chi connectivity index (χ0) is 11.9. The lowest BCUT2D eigenvalue weighted by Gasteiger charge is -2.17. The number of carbonyl (C=O) groups is 1. The van der Waals surface area contributed by atoms with Crippen molar-refractivity contribution >= 4 is 5.91 Å². The number of carbonyl (C=O) groups excluding carboxylic acids is 1. The van der Waals surface area contributed by atoms with E-state index in [9.17, 15) is 4.79 Å². The molecule has 0 spiro atoms. The molecule has 1 N–H and O–H groups in total. The van der Waals surface area contributed by atoms with Gasteiger partial charge < -0.3 is 5.32 Å². The number of hydrogen-bond donors (Lipinski definition) is 1. The molecule has 1 unspecified atom stereocenters. The highest BCUT2D eigenvalue weighted by Crippen LogP contribution is 2.20. The van der Waals surface area contributed by atoms with E-state index < -0.39 is 0 Å². The van der Waals surface area contributed by atoms with Gasteiger partial charge in [-0.1, -0.05) is 30.4 Å². The Kier molecular flexibility index (Phi) is 4.37. The molecule has 1 atom stereocenters. The third-order valence-corrected chi connectivity index (χ3v) is 3.25. The summed E-state index contributed by atoms with van der Waals surface area (Å²) in [5.41, 5.74) is 0.746. The van der Waals surface area contributed by atoms with E-state index >= 15 is 0 Å². The van der Waals surface area contributed by atoms with E-state index in [1.54, 1.807) is 0 Å². The SMILES string of the molecule is O=C(NCCC1CC=CCC1)c1ccccc1. The molecule has 2 rings (SSSR count). The highest BCUT2D eigenvalue weighted by Gasteiger charge is 2.10. The fraction of sp³-hybridized carbons (Fsp3) is 0.400. The second-order valence-electron chi connectivity index (χ2n) is 4.56. The third-order valence-electron chi connectivity index (χ3n) is 3.25. The molecule has 0 radical (unpaired) electrons. The Morgan fingerprint density at radius 1 is 1.24 bits per heavy atom. The zero-order valence-corrected chi connectivity index (χ0v) is 10.1. The zero-order valence-electron chi connectivity index (χ0n) is 10.1. The summed E-state index contributed by atoms with van der Waals surface area (Å²) in [6, 6.07) is 9.39. The number of rotatable bonds is 4. The molecule has 0 heterocycles. The molecule has 1 amide bonds. The molecule has 1 aromatic carbocycles. The molecule has 2 nitrogen and oxygen atoms in total. The van der Waals surface area contributed by atoms with Crippen LogP contribution in [0.2, 0.25) is 0 Å². The molecule has 90 valence electrons. The normalized spacial score (nSPS) is 18.9. The fourth-order valence-corrected chi connectivity index (χ4v) is 2.20. The molecule has 0 bridgehead atoms. The summed E-state index contributed by atoms with van der Waals surface area (Å²) < 4.78 is 0. The van der Waals surface area contributed by atoms with Crippen molar-refractivity contribution in [2.75, 3.05) is 6.54 Å². The maximum atomic E-state index is 11.8. The molecule has 0 aromatic heterocycles. The maximum Gasteiger partial charge on any atom is 0.251 e. The van der Waals surface area contributed by atoms with E-state index in [2.05, 4.69) is 17.5 Å². The first kappa shape index (κ1) is 11.9. The summed E-state index contributed by atoms with van der Waals surface area (Å²) in [6.07, 6.45) is 9.21. The van der Waals surface area contributed by atoms with Crippen LogP contribution in [0.25, 0.3) is 0 Å². The van der Waals surface area contributed by atoms with Gasteiger partial charge in [0.2, 0.25) is 0 Å². The summed E-state index contributed by atoms with van der Waals surface area (Å²) in [4.78, 5) is 11.8. The van der Waals surface area contributed by atoms with E-state index in [4.69, 9.17) is 0 Å². The molecule has 1 aliphatic carbocycles. The molecule has 0 saturated heterocycles. The number of nitrogens with one attached hydrogen (secondary N) is 1. The predicted octanol–water partition coefficient (Wildman–Crippen LogP) is 3.16. The van der Waals surface area contributed by atoms with Crippen LogP contribution < -0.4 is 5.32 Å². The molecule has 17 heavy (non-hydrogen) atoms. The van der Waals surface area contributed by atoms with Gasteiger partial charge in [-0.25, -0.2) is 0 Å². The van der Waals surface area contributed by atoms with Gasteiger partial charge in [-0.15, -0.1) is 0 Å². The van der Waals surface area contributed by atoms with Crippen LogP contribution in [-0.4, -0.2) is 12.5 Å². The van der Waals surface area contributed by atoms with Gasteiger partial charge in [-0.2, -0.15) is 0 Å². The van der Waals surface area contributed by atoms with Crippen molar-refractivity contribution in [3.8, 4) is 0 Å². The molecule has 2 heteroatoms. The number of amides is 1. The van der Waals surface area contributed by atoms with Crippen LogP contribution in [0.15, 0.2) is 42.5 Å². The molecule has 0 aliphatic heterocycles. The molecule has 0 fully saturated rings. The Morgan fingerprint density at radius 2 is 2.06 bits per heavy atom. The summed E-state index contributed by atoms with van der Waals surface area (Å²) >= 11 is 0. The van der Waals surface area contributed by atoms with Crippen LogP contribution in [-0.2, 0) is 0 Å². The average Bonchev–Trinajstić information content (AvgIpc) is 2.41. The van der Waals surface area contributed by atoms with Gasteiger partial charge in [0.25, 0.3) is 5.91 Å². The van der Waals surface area contributed by atoms with Crippen LogP contribution >= 0.6 is 0 Å². The molecule has 1 aliphatic rings. The lowest BCUT2D eigenvalue weighted by atomic mass is 9.91. The van der Waals surface area contributed by atoms with Crippen LogP contribution in [0.3, 0.4) is 0 Å². The quantitative estimate of drug-likeness (QED) is 0.789.